The van der Waals surface area contributed by atoms with Crippen LogP contribution in [0.25, 0.3) is 16.8 Å². The van der Waals surface area contributed by atoms with E-state index in [-0.39, 0.29) is 18.1 Å². The average Bonchev–Trinajstić information content (AvgIpc) is 3.11. The Hall–Kier alpha value is -3.90. The van der Waals surface area contributed by atoms with Crippen LogP contribution in [0.5, 0.6) is 5.75 Å². The van der Waals surface area contributed by atoms with Crippen molar-refractivity contribution >= 4 is 44.7 Å². The summed E-state index contributed by atoms with van der Waals surface area (Å²) in [6, 6.07) is 27.3. The van der Waals surface area contributed by atoms with E-state index in [4.69, 9.17) is 4.74 Å². The maximum absolute atomic E-state index is 13.1. The molecule has 5 rings (SSSR count). The van der Waals surface area contributed by atoms with E-state index in [1.54, 1.807) is 6.08 Å². The van der Waals surface area contributed by atoms with Crippen LogP contribution in [0, 0.1) is 6.92 Å². The van der Waals surface area contributed by atoms with Crippen molar-refractivity contribution in [2.45, 2.75) is 20.1 Å². The topological polar surface area (TPSA) is 58.6 Å². The Kier molecular flexibility index (Phi) is 6.38. The molecule has 0 saturated carbocycles. The number of hydrogen-bond acceptors (Lipinski definition) is 3. The smallest absolute Gasteiger partial charge is 0.329 e. The molecule has 5 nitrogen and oxygen atoms in total. The molecule has 0 aliphatic carbocycles. The molecular weight excluding hydrogens is 504 g/mol. The lowest BCUT2D eigenvalue weighted by molar-refractivity contribution is -0.123. The molecule has 4 aromatic rings. The predicted molar refractivity (Wildman–Crippen MR) is 141 cm³/mol. The van der Waals surface area contributed by atoms with Crippen LogP contribution in [0.3, 0.4) is 0 Å². The van der Waals surface area contributed by atoms with E-state index in [0.717, 1.165) is 31.9 Å². The van der Waals surface area contributed by atoms with Gasteiger partial charge in [-0.05, 0) is 53.1 Å². The number of fused-ring (bicyclic) bond motifs is 1. The normalized spacial score (nSPS) is 14.6. The van der Waals surface area contributed by atoms with Gasteiger partial charge in [-0.2, -0.15) is 0 Å². The van der Waals surface area contributed by atoms with Crippen LogP contribution in [-0.4, -0.2) is 16.8 Å². The zero-order chi connectivity index (χ0) is 24.4. The number of carbonyl (C=O) groups excluding carboxylic acids is 2. The van der Waals surface area contributed by atoms with Gasteiger partial charge in [0.25, 0.3) is 5.91 Å². The van der Waals surface area contributed by atoms with Crippen LogP contribution in [0.1, 0.15) is 22.3 Å². The fourth-order valence-electron chi connectivity index (χ4n) is 4.20. The van der Waals surface area contributed by atoms with Crippen LogP contribution in [0.2, 0.25) is 0 Å². The number of urea groups is 1. The van der Waals surface area contributed by atoms with Crippen LogP contribution in [0.4, 0.5) is 4.79 Å². The number of halogens is 1. The minimum absolute atomic E-state index is 0.215. The minimum atomic E-state index is -0.434. The highest BCUT2D eigenvalue weighted by Gasteiger charge is 2.33. The number of nitrogens with zero attached hydrogens (tertiary/aromatic N) is 1. The molecule has 1 heterocycles. The Morgan fingerprint density at radius 2 is 1.74 bits per heavy atom. The number of rotatable bonds is 6. The fourth-order valence-corrected chi connectivity index (χ4v) is 4.58. The van der Waals surface area contributed by atoms with E-state index in [0.29, 0.717) is 17.9 Å². The van der Waals surface area contributed by atoms with Gasteiger partial charge < -0.3 is 10.1 Å². The number of nitrogens with one attached hydrogen (secondary N) is 1. The van der Waals surface area contributed by atoms with Gasteiger partial charge in [0.2, 0.25) is 0 Å². The summed E-state index contributed by atoms with van der Waals surface area (Å²) in [4.78, 5) is 26.8. The molecule has 1 aliphatic heterocycles. The summed E-state index contributed by atoms with van der Waals surface area (Å²) < 4.78 is 7.03. The monoisotopic (exact) mass is 526 g/mol. The first-order valence-corrected chi connectivity index (χ1v) is 12.1. The summed E-state index contributed by atoms with van der Waals surface area (Å²) in [7, 11) is 0. The highest BCUT2D eigenvalue weighted by atomic mass is 79.9. The van der Waals surface area contributed by atoms with Crippen molar-refractivity contribution in [1.29, 1.82) is 0 Å². The maximum Gasteiger partial charge on any atom is 0.329 e. The molecule has 1 saturated heterocycles. The third-order valence-corrected chi connectivity index (χ3v) is 6.41. The molecule has 0 unspecified atom stereocenters. The summed E-state index contributed by atoms with van der Waals surface area (Å²) >= 11 is 3.50. The Bertz CT molecular complexity index is 1470. The summed E-state index contributed by atoms with van der Waals surface area (Å²) in [6.07, 6.45) is 1.67. The van der Waals surface area contributed by atoms with E-state index in [2.05, 4.69) is 39.4 Å². The van der Waals surface area contributed by atoms with Crippen LogP contribution in [-0.2, 0) is 17.9 Å². The SMILES string of the molecule is Cc1cccc(CN2C(=O)N/C(=C/c3cc(Br)ccc3OCc3cccc4ccccc34)C2=O)c1. The second-order valence-corrected chi connectivity index (χ2v) is 9.39. The lowest BCUT2D eigenvalue weighted by atomic mass is 10.1. The van der Waals surface area contributed by atoms with Gasteiger partial charge in [-0.3, -0.25) is 9.69 Å². The molecule has 6 heteroatoms. The zero-order valence-corrected chi connectivity index (χ0v) is 20.7. The number of benzene rings is 4. The van der Waals surface area contributed by atoms with Gasteiger partial charge in [0.15, 0.2) is 0 Å². The summed E-state index contributed by atoms with van der Waals surface area (Å²) in [6.45, 7) is 2.57. The first-order valence-electron chi connectivity index (χ1n) is 11.3. The number of amides is 3. The Morgan fingerprint density at radius 3 is 2.60 bits per heavy atom. The van der Waals surface area contributed by atoms with E-state index in [1.807, 2.05) is 73.7 Å². The largest absolute Gasteiger partial charge is 0.488 e. The molecule has 0 spiro atoms. The van der Waals surface area contributed by atoms with Crippen molar-refractivity contribution in [2.24, 2.45) is 0 Å². The van der Waals surface area contributed by atoms with Gasteiger partial charge in [-0.1, -0.05) is 88.2 Å². The maximum atomic E-state index is 13.1. The lowest BCUT2D eigenvalue weighted by Gasteiger charge is -2.13. The molecular formula is C29H23BrN2O3. The number of imide groups is 1. The fraction of sp³-hybridized carbons (Fsp3) is 0.103. The van der Waals surface area contributed by atoms with Gasteiger partial charge in [-0.25, -0.2) is 4.79 Å². The van der Waals surface area contributed by atoms with Crippen molar-refractivity contribution in [3.8, 4) is 5.75 Å². The van der Waals surface area contributed by atoms with Gasteiger partial charge in [0.05, 0.1) is 6.54 Å². The molecule has 4 aromatic carbocycles. The highest BCUT2D eigenvalue weighted by molar-refractivity contribution is 9.10. The Balaban J connectivity index is 1.39. The summed E-state index contributed by atoms with van der Waals surface area (Å²) in [5, 5.41) is 5.00. The molecule has 0 aromatic heterocycles. The van der Waals surface area contributed by atoms with Crippen molar-refractivity contribution in [2.75, 3.05) is 0 Å². The van der Waals surface area contributed by atoms with E-state index >= 15 is 0 Å². The summed E-state index contributed by atoms with van der Waals surface area (Å²) in [5.41, 5.74) is 3.96. The van der Waals surface area contributed by atoms with Gasteiger partial charge in [-0.15, -0.1) is 0 Å². The van der Waals surface area contributed by atoms with Crippen molar-refractivity contribution < 1.29 is 14.3 Å². The van der Waals surface area contributed by atoms with Gasteiger partial charge in [0.1, 0.15) is 18.1 Å². The molecule has 0 radical (unpaired) electrons. The van der Waals surface area contributed by atoms with Crippen LogP contribution in [0.15, 0.2) is 95.1 Å². The predicted octanol–water partition coefficient (Wildman–Crippen LogP) is 6.58. The number of ether oxygens (including phenoxy) is 1. The Labute approximate surface area is 212 Å². The highest BCUT2D eigenvalue weighted by Crippen LogP contribution is 2.29. The van der Waals surface area contributed by atoms with Crippen LogP contribution >= 0.6 is 15.9 Å². The second kappa shape index (κ2) is 9.76. The molecule has 35 heavy (non-hydrogen) atoms. The summed E-state index contributed by atoms with van der Waals surface area (Å²) in [5.74, 6) is 0.254. The number of aryl methyl sites for hydroxylation is 1. The Morgan fingerprint density at radius 1 is 0.943 bits per heavy atom. The van der Waals surface area contributed by atoms with E-state index in [1.165, 1.54) is 4.90 Å². The molecule has 0 bridgehead atoms. The number of carbonyl (C=O) groups is 2. The van der Waals surface area contributed by atoms with Crippen LogP contribution < -0.4 is 10.1 Å². The minimum Gasteiger partial charge on any atom is -0.488 e. The van der Waals surface area contributed by atoms with E-state index < -0.39 is 6.03 Å². The van der Waals surface area contributed by atoms with Crippen molar-refractivity contribution in [3.05, 3.63) is 117 Å². The van der Waals surface area contributed by atoms with Gasteiger partial charge >= 0.3 is 6.03 Å². The van der Waals surface area contributed by atoms with E-state index in [9.17, 15) is 9.59 Å². The lowest BCUT2D eigenvalue weighted by Crippen LogP contribution is -2.30. The standard InChI is InChI=1S/C29H23BrN2O3/c1-19-6-4-7-20(14-19)17-32-28(33)26(31-29(32)34)16-23-15-24(30)12-13-27(23)35-18-22-10-5-9-21-8-2-3-11-25(21)22/h2-16H,17-18H2,1H3,(H,31,34)/b26-16+. The first-order chi connectivity index (χ1) is 17.0. The van der Waals surface area contributed by atoms with Crippen molar-refractivity contribution in [1.82, 2.24) is 10.2 Å². The molecule has 174 valence electrons. The second-order valence-electron chi connectivity index (χ2n) is 8.48. The zero-order valence-electron chi connectivity index (χ0n) is 19.1. The molecule has 1 aliphatic rings. The molecule has 1 N–H and O–H groups in total. The first kappa shape index (κ1) is 22.9. The molecule has 1 fully saturated rings. The average molecular weight is 527 g/mol. The molecule has 3 amide bonds. The molecule has 0 atom stereocenters. The number of hydrogen-bond donors (Lipinski definition) is 1. The quantitative estimate of drug-likeness (QED) is 0.228. The van der Waals surface area contributed by atoms with Gasteiger partial charge in [0, 0.05) is 10.0 Å². The van der Waals surface area contributed by atoms with Crippen molar-refractivity contribution in [3.63, 3.8) is 0 Å². The third-order valence-electron chi connectivity index (χ3n) is 5.92. The third kappa shape index (κ3) is 4.98.